The zero-order chi connectivity index (χ0) is 13.4. The van der Waals surface area contributed by atoms with Gasteiger partial charge in [0.25, 0.3) is 0 Å². The van der Waals surface area contributed by atoms with Crippen molar-refractivity contribution in [1.82, 2.24) is 0 Å². The van der Waals surface area contributed by atoms with E-state index in [4.69, 9.17) is 4.74 Å². The Morgan fingerprint density at radius 2 is 2.00 bits per heavy atom. The number of carbonyl (C=O) groups excluding carboxylic acids is 1. The fraction of sp³-hybridized carbons (Fsp3) is 0.833. The van der Waals surface area contributed by atoms with Crippen LogP contribution in [0.1, 0.15) is 26.7 Å². The van der Waals surface area contributed by atoms with E-state index < -0.39 is 17.8 Å². The van der Waals surface area contributed by atoms with E-state index in [2.05, 4.69) is 0 Å². The van der Waals surface area contributed by atoms with E-state index in [-0.39, 0.29) is 23.9 Å². The van der Waals surface area contributed by atoms with Crippen molar-refractivity contribution in [1.29, 1.82) is 0 Å². The molecule has 0 amide bonds. The maximum atomic E-state index is 12.1. The highest BCUT2D eigenvalue weighted by Gasteiger charge is 2.58. The van der Waals surface area contributed by atoms with Gasteiger partial charge < -0.3 is 9.84 Å². The molecule has 18 heavy (non-hydrogen) atoms. The lowest BCUT2D eigenvalue weighted by atomic mass is 9.79. The summed E-state index contributed by atoms with van der Waals surface area (Å²) in [5.74, 6) is -1.81. The van der Waals surface area contributed by atoms with Gasteiger partial charge in [0.05, 0.1) is 17.9 Å². The van der Waals surface area contributed by atoms with Crippen LogP contribution in [-0.2, 0) is 14.3 Å². The van der Waals surface area contributed by atoms with Gasteiger partial charge >= 0.3 is 11.9 Å². The highest BCUT2D eigenvalue weighted by atomic mass is 32.2. The number of fused-ring (bicyclic) bond motifs is 2. The summed E-state index contributed by atoms with van der Waals surface area (Å²) in [5, 5.41) is 9.75. The smallest absolute Gasteiger partial charge is 0.310 e. The number of rotatable bonds is 4. The molecule has 6 heteroatoms. The number of carboxylic acid groups (broad SMARTS) is 1. The Kier molecular flexibility index (Phi) is 3.94. The summed E-state index contributed by atoms with van der Waals surface area (Å²) in [6.07, 6.45) is 1.60. The van der Waals surface area contributed by atoms with Crippen LogP contribution in [0.5, 0.6) is 0 Å². The van der Waals surface area contributed by atoms with E-state index >= 15 is 0 Å². The monoisotopic (exact) mass is 270 g/mol. The Morgan fingerprint density at radius 3 is 2.50 bits per heavy atom. The van der Waals surface area contributed by atoms with E-state index in [0.717, 1.165) is 12.8 Å². The van der Waals surface area contributed by atoms with Crippen LogP contribution in [0.3, 0.4) is 0 Å². The SMILES string of the molecule is BSC1CC2CC1C(C(=O)OC(C)C)C2C(=O)O. The molecule has 0 saturated heterocycles. The molecule has 2 fully saturated rings. The van der Waals surface area contributed by atoms with Gasteiger partial charge in [0.1, 0.15) is 0 Å². The number of aliphatic carboxylic acids is 1. The first-order chi connectivity index (χ1) is 8.45. The highest BCUT2D eigenvalue weighted by molar-refractivity contribution is 8.20. The third-order valence-electron chi connectivity index (χ3n) is 4.16. The highest BCUT2D eigenvalue weighted by Crippen LogP contribution is 2.55. The molecule has 0 heterocycles. The Balaban J connectivity index is 2.18. The first-order valence-electron chi connectivity index (χ1n) is 6.41. The topological polar surface area (TPSA) is 63.6 Å². The largest absolute Gasteiger partial charge is 0.481 e. The summed E-state index contributed by atoms with van der Waals surface area (Å²) in [6.45, 7) is 3.60. The third-order valence-corrected chi connectivity index (χ3v) is 5.30. The van der Waals surface area contributed by atoms with E-state index in [1.54, 1.807) is 25.5 Å². The molecule has 2 bridgehead atoms. The van der Waals surface area contributed by atoms with Gasteiger partial charge in [0.2, 0.25) is 0 Å². The molecule has 0 aliphatic heterocycles. The van der Waals surface area contributed by atoms with Crippen LogP contribution in [-0.4, -0.2) is 35.5 Å². The predicted molar refractivity (Wildman–Crippen MR) is 72.0 cm³/mol. The third kappa shape index (κ3) is 2.27. The van der Waals surface area contributed by atoms with Gasteiger partial charge in [-0.05, 0) is 43.8 Å². The Bertz CT molecular complexity index is 360. The molecule has 5 unspecified atom stereocenters. The van der Waals surface area contributed by atoms with E-state index in [1.165, 1.54) is 0 Å². The molecule has 5 atom stereocenters. The Labute approximate surface area is 112 Å². The molecule has 0 radical (unpaired) electrons. The van der Waals surface area contributed by atoms with Gasteiger partial charge in [-0.2, -0.15) is 0 Å². The maximum absolute atomic E-state index is 12.1. The molecule has 0 aromatic carbocycles. The molecule has 0 aromatic heterocycles. The lowest BCUT2D eigenvalue weighted by Crippen LogP contribution is -2.40. The average molecular weight is 270 g/mol. The van der Waals surface area contributed by atoms with E-state index in [1.807, 2.05) is 7.12 Å². The summed E-state index contributed by atoms with van der Waals surface area (Å²) in [7, 11) is 2.03. The minimum absolute atomic E-state index is 0.148. The molecular formula is C12H19BO4S. The minimum Gasteiger partial charge on any atom is -0.481 e. The van der Waals surface area contributed by atoms with Crippen LogP contribution in [0.15, 0.2) is 0 Å². The van der Waals surface area contributed by atoms with Gasteiger partial charge in [0, 0.05) is 0 Å². The van der Waals surface area contributed by atoms with E-state index in [0.29, 0.717) is 5.25 Å². The molecule has 2 rings (SSSR count). The molecule has 2 aliphatic carbocycles. The molecule has 0 aromatic rings. The number of ether oxygens (including phenoxy) is 1. The fourth-order valence-corrected chi connectivity index (χ4v) is 4.63. The molecule has 1 N–H and O–H groups in total. The molecule has 100 valence electrons. The number of hydrogen-bond acceptors (Lipinski definition) is 4. The van der Waals surface area contributed by atoms with Gasteiger partial charge in [-0.25, -0.2) is 11.6 Å². The zero-order valence-electron chi connectivity index (χ0n) is 11.0. The summed E-state index contributed by atoms with van der Waals surface area (Å²) in [4.78, 5) is 23.5. The second-order valence-corrected chi connectivity index (χ2v) is 6.62. The second-order valence-electron chi connectivity index (χ2n) is 5.54. The Morgan fingerprint density at radius 1 is 1.33 bits per heavy atom. The maximum Gasteiger partial charge on any atom is 0.310 e. The molecule has 0 spiro atoms. The summed E-state index contributed by atoms with van der Waals surface area (Å²) < 4.78 is 5.25. The van der Waals surface area contributed by atoms with Crippen LogP contribution < -0.4 is 0 Å². The normalized spacial score (nSPS) is 38.1. The van der Waals surface area contributed by atoms with Gasteiger partial charge in [-0.1, -0.05) is 0 Å². The number of carbonyl (C=O) groups is 2. The summed E-state index contributed by atoms with van der Waals surface area (Å²) in [6, 6.07) is 0. The van der Waals surface area contributed by atoms with Crippen molar-refractivity contribution in [3.63, 3.8) is 0 Å². The van der Waals surface area contributed by atoms with E-state index in [9.17, 15) is 14.7 Å². The minimum atomic E-state index is -0.840. The van der Waals surface area contributed by atoms with Gasteiger partial charge in [0.15, 0.2) is 7.12 Å². The molecule has 2 saturated carbocycles. The van der Waals surface area contributed by atoms with Crippen LogP contribution in [0.4, 0.5) is 0 Å². The van der Waals surface area contributed by atoms with Crippen molar-refractivity contribution >= 4 is 30.7 Å². The average Bonchev–Trinajstić information content (AvgIpc) is 2.83. The number of carboxylic acids is 1. The van der Waals surface area contributed by atoms with Crippen LogP contribution in [0, 0.1) is 23.7 Å². The summed E-state index contributed by atoms with van der Waals surface area (Å²) >= 11 is 1.75. The predicted octanol–water partition coefficient (Wildman–Crippen LogP) is 0.945. The molecule has 4 nitrogen and oxygen atoms in total. The standard InChI is InChI=1S/C12H19BO4S/c1-5(2)17-12(16)10-7-3-6(4-8(7)18-13)9(10)11(14)15/h5-10H,3-4,13H2,1-2H3,(H,14,15). The zero-order valence-corrected chi connectivity index (χ0v) is 11.8. The van der Waals surface area contributed by atoms with Crippen molar-refractivity contribution in [2.24, 2.45) is 23.7 Å². The van der Waals surface area contributed by atoms with Gasteiger partial charge in [-0.3, -0.25) is 9.59 Å². The summed E-state index contributed by atoms with van der Waals surface area (Å²) in [5.41, 5.74) is 0. The lowest BCUT2D eigenvalue weighted by Gasteiger charge is -2.32. The van der Waals surface area contributed by atoms with Crippen molar-refractivity contribution < 1.29 is 19.4 Å². The Hall–Kier alpha value is -0.645. The van der Waals surface area contributed by atoms with Gasteiger partial charge in [-0.15, -0.1) is 0 Å². The van der Waals surface area contributed by atoms with Crippen LogP contribution in [0.25, 0.3) is 0 Å². The van der Waals surface area contributed by atoms with Crippen LogP contribution in [0.2, 0.25) is 0 Å². The second kappa shape index (κ2) is 5.15. The first kappa shape index (κ1) is 13.8. The number of hydrogen-bond donors (Lipinski definition) is 1. The van der Waals surface area contributed by atoms with Crippen molar-refractivity contribution in [2.75, 3.05) is 0 Å². The lowest BCUT2D eigenvalue weighted by molar-refractivity contribution is -0.162. The quantitative estimate of drug-likeness (QED) is 0.608. The number of esters is 1. The fourth-order valence-electron chi connectivity index (χ4n) is 3.56. The molecular weight excluding hydrogens is 251 g/mol. The molecule has 2 aliphatic rings. The van der Waals surface area contributed by atoms with Crippen molar-refractivity contribution in [2.45, 2.75) is 38.0 Å². The van der Waals surface area contributed by atoms with Crippen LogP contribution >= 0.6 is 11.6 Å². The first-order valence-corrected chi connectivity index (χ1v) is 7.70. The van der Waals surface area contributed by atoms with Crippen molar-refractivity contribution in [3.05, 3.63) is 0 Å². The van der Waals surface area contributed by atoms with Crippen molar-refractivity contribution in [3.8, 4) is 0 Å².